The average Bonchev–Trinajstić information content (AvgIpc) is 3.03. The third-order valence-corrected chi connectivity index (χ3v) is 6.35. The number of urea groups is 1. The minimum atomic E-state index is -1.09. The van der Waals surface area contributed by atoms with Crippen LogP contribution in [0.2, 0.25) is 0 Å². The molecule has 11 nitrogen and oxygen atoms in total. The van der Waals surface area contributed by atoms with E-state index in [0.29, 0.717) is 29.0 Å². The highest BCUT2D eigenvalue weighted by Gasteiger charge is 2.24. The lowest BCUT2D eigenvalue weighted by Crippen LogP contribution is -2.46. The summed E-state index contributed by atoms with van der Waals surface area (Å²) in [5.74, 6) is -2.20. The smallest absolute Gasteiger partial charge is 0.323 e. The number of carbonyl (C=O) groups excluding carboxylic acids is 4. The lowest BCUT2D eigenvalue weighted by molar-refractivity contribution is -0.138. The predicted molar refractivity (Wildman–Crippen MR) is 176 cm³/mol. The number of nitrogens with zero attached hydrogens (tertiary/aromatic N) is 2. The second kappa shape index (κ2) is 19.2. The molecule has 240 valence electrons. The fourth-order valence-corrected chi connectivity index (χ4v) is 4.04. The number of para-hydroxylation sites is 1. The van der Waals surface area contributed by atoms with E-state index in [9.17, 15) is 29.1 Å². The van der Waals surface area contributed by atoms with Gasteiger partial charge in [-0.2, -0.15) is 0 Å². The maximum absolute atomic E-state index is 13.4. The first-order valence-corrected chi connectivity index (χ1v) is 15.0. The Balaban J connectivity index is 0.00000345. The van der Waals surface area contributed by atoms with Gasteiger partial charge in [-0.15, -0.1) is 0 Å². The summed E-state index contributed by atoms with van der Waals surface area (Å²) in [6.45, 7) is 7.51. The minimum Gasteiger partial charge on any atom is -0.481 e. The number of hydrogen-bond acceptors (Lipinski definition) is 5. The first-order valence-electron chi connectivity index (χ1n) is 15.0. The van der Waals surface area contributed by atoms with E-state index in [4.69, 9.17) is 0 Å². The second-order valence-electron chi connectivity index (χ2n) is 10.3. The van der Waals surface area contributed by atoms with Gasteiger partial charge in [-0.3, -0.25) is 19.2 Å². The van der Waals surface area contributed by atoms with Gasteiger partial charge in [0.1, 0.15) is 6.54 Å². The van der Waals surface area contributed by atoms with Gasteiger partial charge in [0, 0.05) is 35.7 Å². The molecule has 3 aromatic carbocycles. The van der Waals surface area contributed by atoms with Crippen LogP contribution < -0.4 is 16.0 Å². The summed E-state index contributed by atoms with van der Waals surface area (Å²) in [5.41, 5.74) is 1.97. The molecular formula is C34H43N5O6. The number of hydrogen-bond donors (Lipinski definition) is 4. The van der Waals surface area contributed by atoms with Crippen molar-refractivity contribution < 1.29 is 29.1 Å². The summed E-state index contributed by atoms with van der Waals surface area (Å²) in [6, 6.07) is 23.4. The number of carboxylic acids is 1. The van der Waals surface area contributed by atoms with Crippen LogP contribution in [0.5, 0.6) is 0 Å². The Labute approximate surface area is 264 Å². The average molecular weight is 618 g/mol. The molecule has 0 aromatic heterocycles. The molecule has 0 saturated carbocycles. The van der Waals surface area contributed by atoms with Gasteiger partial charge in [-0.1, -0.05) is 64.1 Å². The Bertz CT molecular complexity index is 1380. The maximum atomic E-state index is 13.4. The number of rotatable bonds is 14. The normalized spacial score (nSPS) is 10.2. The zero-order valence-electron chi connectivity index (χ0n) is 26.3. The van der Waals surface area contributed by atoms with Gasteiger partial charge in [-0.05, 0) is 60.9 Å². The standard InChI is InChI=1S/C32H37N5O6.C2H6/c1-23(2)17-19-36(29(39)22-37(20-18-30(40)41)31(42)24-9-5-3-6-10-24)21-28(38)33-26-13-15-27(16-14-26)35-32(43)34-25-11-7-4-8-12-25;1-2/h3-16,23H,17-22H2,1-2H3,(H,33,38)(H,40,41)(H2,34,35,43);1-2H3. The molecule has 0 saturated heterocycles. The molecule has 0 heterocycles. The first kappa shape index (κ1) is 36.0. The van der Waals surface area contributed by atoms with Crippen LogP contribution in [0.4, 0.5) is 21.9 Å². The summed E-state index contributed by atoms with van der Waals surface area (Å²) in [5, 5.41) is 17.4. The second-order valence-corrected chi connectivity index (χ2v) is 10.3. The van der Waals surface area contributed by atoms with Crippen molar-refractivity contribution in [2.75, 3.05) is 42.1 Å². The van der Waals surface area contributed by atoms with E-state index in [1.165, 1.54) is 9.80 Å². The zero-order chi connectivity index (χ0) is 33.2. The summed E-state index contributed by atoms with van der Waals surface area (Å²) < 4.78 is 0. The van der Waals surface area contributed by atoms with Gasteiger partial charge >= 0.3 is 12.0 Å². The van der Waals surface area contributed by atoms with E-state index in [0.717, 1.165) is 0 Å². The van der Waals surface area contributed by atoms with E-state index in [1.807, 2.05) is 45.9 Å². The van der Waals surface area contributed by atoms with Gasteiger partial charge in [0.25, 0.3) is 5.91 Å². The van der Waals surface area contributed by atoms with E-state index >= 15 is 0 Å². The molecule has 0 fully saturated rings. The number of anilines is 3. The Kier molecular flexibility index (Phi) is 15.3. The van der Waals surface area contributed by atoms with Crippen LogP contribution in [0, 0.1) is 5.92 Å². The van der Waals surface area contributed by atoms with Gasteiger partial charge < -0.3 is 30.9 Å². The van der Waals surface area contributed by atoms with Gasteiger partial charge in [-0.25, -0.2) is 4.79 Å². The number of carbonyl (C=O) groups is 5. The van der Waals surface area contributed by atoms with Crippen molar-refractivity contribution in [1.82, 2.24) is 9.80 Å². The van der Waals surface area contributed by atoms with Crippen molar-refractivity contribution in [2.24, 2.45) is 5.92 Å². The molecule has 4 N–H and O–H groups in total. The predicted octanol–water partition coefficient (Wildman–Crippen LogP) is 5.79. The zero-order valence-corrected chi connectivity index (χ0v) is 26.3. The molecule has 5 amide bonds. The van der Waals surface area contributed by atoms with Crippen molar-refractivity contribution in [3.05, 3.63) is 90.5 Å². The Morgan fingerprint density at radius 1 is 0.667 bits per heavy atom. The van der Waals surface area contributed by atoms with Crippen molar-refractivity contribution in [3.8, 4) is 0 Å². The van der Waals surface area contributed by atoms with Crippen molar-refractivity contribution in [3.63, 3.8) is 0 Å². The lowest BCUT2D eigenvalue weighted by atomic mass is 10.1. The van der Waals surface area contributed by atoms with Crippen LogP contribution in [-0.4, -0.2) is 70.8 Å². The summed E-state index contributed by atoms with van der Waals surface area (Å²) in [4.78, 5) is 65.4. The van der Waals surface area contributed by atoms with Crippen LogP contribution in [0.25, 0.3) is 0 Å². The van der Waals surface area contributed by atoms with Crippen LogP contribution in [0.15, 0.2) is 84.9 Å². The highest BCUT2D eigenvalue weighted by Crippen LogP contribution is 2.15. The maximum Gasteiger partial charge on any atom is 0.323 e. The minimum absolute atomic E-state index is 0.150. The third-order valence-electron chi connectivity index (χ3n) is 6.35. The van der Waals surface area contributed by atoms with Crippen LogP contribution in [0.1, 0.15) is 50.9 Å². The van der Waals surface area contributed by atoms with E-state index in [-0.39, 0.29) is 38.5 Å². The third kappa shape index (κ3) is 13.3. The molecule has 11 heteroatoms. The molecule has 0 atom stereocenters. The molecular weight excluding hydrogens is 574 g/mol. The molecule has 45 heavy (non-hydrogen) atoms. The van der Waals surface area contributed by atoms with Gasteiger partial charge in [0.2, 0.25) is 11.8 Å². The summed E-state index contributed by atoms with van der Waals surface area (Å²) in [6.07, 6.45) is 0.309. The molecule has 0 spiro atoms. The van der Waals surface area contributed by atoms with Crippen molar-refractivity contribution in [2.45, 2.75) is 40.5 Å². The largest absolute Gasteiger partial charge is 0.481 e. The lowest BCUT2D eigenvalue weighted by Gasteiger charge is -2.28. The number of carboxylic acid groups (broad SMARTS) is 1. The molecule has 0 radical (unpaired) electrons. The SMILES string of the molecule is CC.CC(C)CCN(CC(=O)Nc1ccc(NC(=O)Nc2ccccc2)cc1)C(=O)CN(CCC(=O)O)C(=O)c1ccccc1. The van der Waals surface area contributed by atoms with Crippen molar-refractivity contribution in [1.29, 1.82) is 0 Å². The Hall–Kier alpha value is -5.19. The monoisotopic (exact) mass is 617 g/mol. The highest BCUT2D eigenvalue weighted by molar-refractivity contribution is 6.00. The molecule has 0 aliphatic rings. The summed E-state index contributed by atoms with van der Waals surface area (Å²) >= 11 is 0. The Morgan fingerprint density at radius 2 is 1.18 bits per heavy atom. The molecule has 3 aromatic rings. The van der Waals surface area contributed by atoms with E-state index in [1.54, 1.807) is 66.7 Å². The molecule has 0 aliphatic carbocycles. The van der Waals surface area contributed by atoms with Crippen LogP contribution in [0.3, 0.4) is 0 Å². The molecule has 0 aliphatic heterocycles. The fraction of sp³-hybridized carbons (Fsp3) is 0.324. The quantitative estimate of drug-likeness (QED) is 0.180. The molecule has 3 rings (SSSR count). The molecule has 0 bridgehead atoms. The number of benzene rings is 3. The molecule has 0 unspecified atom stereocenters. The van der Waals surface area contributed by atoms with Crippen molar-refractivity contribution >= 4 is 46.8 Å². The van der Waals surface area contributed by atoms with Crippen LogP contribution in [-0.2, 0) is 14.4 Å². The number of amides is 5. The number of nitrogens with one attached hydrogen (secondary N) is 3. The van der Waals surface area contributed by atoms with Crippen LogP contribution >= 0.6 is 0 Å². The van der Waals surface area contributed by atoms with E-state index < -0.39 is 29.7 Å². The summed E-state index contributed by atoms with van der Waals surface area (Å²) in [7, 11) is 0. The van der Waals surface area contributed by atoms with Gasteiger partial charge in [0.15, 0.2) is 0 Å². The fourth-order valence-electron chi connectivity index (χ4n) is 4.04. The first-order chi connectivity index (χ1) is 21.6. The van der Waals surface area contributed by atoms with E-state index in [2.05, 4.69) is 16.0 Å². The number of aliphatic carboxylic acids is 1. The van der Waals surface area contributed by atoms with Gasteiger partial charge in [0.05, 0.1) is 13.0 Å². The highest BCUT2D eigenvalue weighted by atomic mass is 16.4. The Morgan fingerprint density at radius 3 is 1.71 bits per heavy atom. The topological polar surface area (TPSA) is 148 Å².